The van der Waals surface area contributed by atoms with E-state index in [1.54, 1.807) is 0 Å². The van der Waals surface area contributed by atoms with Gasteiger partial charge in [0, 0.05) is 50.0 Å². The first-order valence-electron chi connectivity index (χ1n) is 21.7. The third-order valence-corrected chi connectivity index (χ3v) is 13.1. The quantitative estimate of drug-likeness (QED) is 0.173. The molecule has 0 bridgehead atoms. The first kappa shape index (κ1) is 35.1. The molecule has 64 heavy (non-hydrogen) atoms. The largest absolute Gasteiger partial charge is 0.492 e. The molecule has 0 amide bonds. The van der Waals surface area contributed by atoms with Gasteiger partial charge in [0.1, 0.15) is 16.9 Å². The number of aromatic nitrogens is 5. The van der Waals surface area contributed by atoms with Gasteiger partial charge >= 0.3 is 0 Å². The van der Waals surface area contributed by atoms with Gasteiger partial charge in [0.05, 0.1) is 45.5 Å². The Hall–Kier alpha value is -8.55. The Bertz CT molecular complexity index is 4070. The summed E-state index contributed by atoms with van der Waals surface area (Å²) < 4.78 is 18.0. The van der Waals surface area contributed by atoms with E-state index in [0.29, 0.717) is 29.7 Å². The zero-order valence-corrected chi connectivity index (χ0v) is 34.4. The van der Waals surface area contributed by atoms with E-state index in [0.717, 1.165) is 106 Å². The SMILES string of the molecule is c1ccc(-n2c3ccccc3c3cccc(-c4nc(-c5cccc6c5OCC6)nc(-c5c(-n6c7ccccc7c7cc8ccccc8cc76)ccc6c5oc5ccccc56)n4)c32)cc1. The molecule has 0 unspecified atom stereocenters. The lowest BCUT2D eigenvalue weighted by Crippen LogP contribution is -2.05. The topological polar surface area (TPSA) is 70.9 Å². The summed E-state index contributed by atoms with van der Waals surface area (Å²) in [6, 6.07) is 66.3. The van der Waals surface area contributed by atoms with Crippen LogP contribution in [0.3, 0.4) is 0 Å². The molecule has 0 radical (unpaired) electrons. The molecule has 0 saturated heterocycles. The van der Waals surface area contributed by atoms with E-state index in [-0.39, 0.29) is 0 Å². The Morgan fingerprint density at radius 1 is 0.438 bits per heavy atom. The van der Waals surface area contributed by atoms with E-state index in [2.05, 4.69) is 185 Å². The second kappa shape index (κ2) is 13.5. The Labute approximate surface area is 366 Å². The molecule has 300 valence electrons. The van der Waals surface area contributed by atoms with Crippen LogP contribution in [0.5, 0.6) is 5.75 Å². The number of hydrogen-bond acceptors (Lipinski definition) is 5. The summed E-state index contributed by atoms with van der Waals surface area (Å²) in [6.45, 7) is 0.610. The zero-order chi connectivity index (χ0) is 41.9. The molecule has 9 aromatic carbocycles. The molecule has 0 atom stereocenters. The molecule has 0 aliphatic carbocycles. The number of para-hydroxylation sites is 6. The Kier molecular flexibility index (Phi) is 7.39. The molecule has 0 N–H and O–H groups in total. The smallest absolute Gasteiger partial charge is 0.170 e. The summed E-state index contributed by atoms with van der Waals surface area (Å²) in [5.41, 5.74) is 11.4. The van der Waals surface area contributed by atoms with E-state index in [4.69, 9.17) is 24.1 Å². The minimum atomic E-state index is 0.501. The average molecular weight is 822 g/mol. The summed E-state index contributed by atoms with van der Waals surface area (Å²) in [5, 5.41) is 8.96. The van der Waals surface area contributed by atoms with Crippen molar-refractivity contribution >= 4 is 76.3 Å². The monoisotopic (exact) mass is 821 g/mol. The molecule has 0 saturated carbocycles. The maximum atomic E-state index is 6.98. The van der Waals surface area contributed by atoms with Crippen LogP contribution in [-0.2, 0) is 6.42 Å². The fraction of sp³-hybridized carbons (Fsp3) is 0.0351. The summed E-state index contributed by atoms with van der Waals surface area (Å²) in [6.07, 6.45) is 0.829. The minimum absolute atomic E-state index is 0.501. The van der Waals surface area contributed by atoms with Crippen LogP contribution in [0, 0.1) is 0 Å². The van der Waals surface area contributed by atoms with Gasteiger partial charge in [-0.05, 0) is 83.1 Å². The number of hydrogen-bond donors (Lipinski definition) is 0. The van der Waals surface area contributed by atoms with Crippen LogP contribution in [-0.4, -0.2) is 30.7 Å². The maximum absolute atomic E-state index is 6.98. The number of benzene rings is 9. The number of ether oxygens (including phenoxy) is 1. The fourth-order valence-corrected chi connectivity index (χ4v) is 10.3. The van der Waals surface area contributed by atoms with Crippen LogP contribution >= 0.6 is 0 Å². The Morgan fingerprint density at radius 2 is 1.08 bits per heavy atom. The number of furan rings is 1. The zero-order valence-electron chi connectivity index (χ0n) is 34.4. The van der Waals surface area contributed by atoms with E-state index in [1.807, 2.05) is 12.1 Å². The second-order valence-corrected chi connectivity index (χ2v) is 16.6. The van der Waals surface area contributed by atoms with Crippen molar-refractivity contribution in [2.75, 3.05) is 6.61 Å². The molecular formula is C57H35N5O2. The van der Waals surface area contributed by atoms with Crippen molar-refractivity contribution in [1.29, 1.82) is 0 Å². The van der Waals surface area contributed by atoms with Crippen LogP contribution in [0.1, 0.15) is 5.56 Å². The normalized spacial score (nSPS) is 12.7. The van der Waals surface area contributed by atoms with Crippen molar-refractivity contribution in [1.82, 2.24) is 24.1 Å². The van der Waals surface area contributed by atoms with Crippen molar-refractivity contribution in [3.05, 3.63) is 194 Å². The third kappa shape index (κ3) is 5.06. The summed E-state index contributed by atoms with van der Waals surface area (Å²) >= 11 is 0. The third-order valence-electron chi connectivity index (χ3n) is 13.1. The van der Waals surface area contributed by atoms with E-state index in [1.165, 1.54) is 10.8 Å². The van der Waals surface area contributed by atoms with Crippen molar-refractivity contribution in [2.24, 2.45) is 0 Å². The molecular weight excluding hydrogens is 787 g/mol. The molecule has 7 heteroatoms. The number of nitrogens with zero attached hydrogens (tertiary/aromatic N) is 5. The van der Waals surface area contributed by atoms with Crippen molar-refractivity contribution < 1.29 is 9.15 Å². The van der Waals surface area contributed by atoms with Crippen LogP contribution in [0.2, 0.25) is 0 Å². The summed E-state index contributed by atoms with van der Waals surface area (Å²) in [4.78, 5) is 16.5. The first-order chi connectivity index (χ1) is 31.7. The lowest BCUT2D eigenvalue weighted by atomic mass is 10.0. The molecule has 4 aromatic heterocycles. The van der Waals surface area contributed by atoms with Gasteiger partial charge in [-0.25, -0.2) is 15.0 Å². The van der Waals surface area contributed by atoms with Gasteiger partial charge in [-0.1, -0.05) is 121 Å². The fourth-order valence-electron chi connectivity index (χ4n) is 10.3. The van der Waals surface area contributed by atoms with Gasteiger partial charge in [0.25, 0.3) is 0 Å². The average Bonchev–Trinajstić information content (AvgIpc) is 4.14. The molecule has 1 aliphatic rings. The molecule has 7 nitrogen and oxygen atoms in total. The Balaban J connectivity index is 1.14. The maximum Gasteiger partial charge on any atom is 0.170 e. The summed E-state index contributed by atoms with van der Waals surface area (Å²) in [5.74, 6) is 2.40. The highest BCUT2D eigenvalue weighted by Crippen LogP contribution is 2.45. The lowest BCUT2D eigenvalue weighted by Gasteiger charge is -2.16. The van der Waals surface area contributed by atoms with Gasteiger partial charge in [-0.2, -0.15) is 0 Å². The van der Waals surface area contributed by atoms with Crippen molar-refractivity contribution in [3.8, 4) is 51.3 Å². The number of fused-ring (bicyclic) bond motifs is 11. The molecule has 0 fully saturated rings. The number of rotatable bonds is 5. The highest BCUT2D eigenvalue weighted by atomic mass is 16.5. The van der Waals surface area contributed by atoms with E-state index < -0.39 is 0 Å². The molecule has 5 heterocycles. The van der Waals surface area contributed by atoms with Crippen molar-refractivity contribution in [2.45, 2.75) is 6.42 Å². The lowest BCUT2D eigenvalue weighted by molar-refractivity contribution is 0.358. The van der Waals surface area contributed by atoms with Crippen LogP contribution in [0.15, 0.2) is 192 Å². The van der Waals surface area contributed by atoms with Crippen molar-refractivity contribution in [3.63, 3.8) is 0 Å². The predicted octanol–water partition coefficient (Wildman–Crippen LogP) is 14.1. The first-order valence-corrected chi connectivity index (χ1v) is 21.7. The molecule has 13 aromatic rings. The van der Waals surface area contributed by atoms with Crippen LogP contribution < -0.4 is 4.74 Å². The Morgan fingerprint density at radius 3 is 1.92 bits per heavy atom. The van der Waals surface area contributed by atoms with E-state index in [9.17, 15) is 0 Å². The van der Waals surface area contributed by atoms with Gasteiger partial charge in [-0.15, -0.1) is 0 Å². The van der Waals surface area contributed by atoms with Gasteiger partial charge in [0.15, 0.2) is 17.5 Å². The standard InChI is InChI=1S/C57H35N5O2/c1-2-17-37(18-3-1)61-46-25-9-6-19-38(46)41-22-13-23-43(52(41)61)55-58-56(44-24-12-16-34-30-31-63-53(34)44)60-57(59-55)51-48(29-28-42-40-21-8-11-27-50(40)64-54(42)51)62-47-26-10-7-20-39(47)45-32-35-14-4-5-15-36(35)33-49(45)62/h1-29,32-33H,30-31H2. The van der Waals surface area contributed by atoms with Crippen LogP contribution in [0.4, 0.5) is 0 Å². The van der Waals surface area contributed by atoms with Gasteiger partial charge < -0.3 is 18.3 Å². The molecule has 0 spiro atoms. The van der Waals surface area contributed by atoms with E-state index >= 15 is 0 Å². The second-order valence-electron chi connectivity index (χ2n) is 16.6. The molecule has 14 rings (SSSR count). The highest BCUT2D eigenvalue weighted by Gasteiger charge is 2.27. The van der Waals surface area contributed by atoms with Gasteiger partial charge in [0.2, 0.25) is 0 Å². The predicted molar refractivity (Wildman–Crippen MR) is 259 cm³/mol. The van der Waals surface area contributed by atoms with Crippen LogP contribution in [0.25, 0.3) is 122 Å². The summed E-state index contributed by atoms with van der Waals surface area (Å²) in [7, 11) is 0. The minimum Gasteiger partial charge on any atom is -0.492 e. The van der Waals surface area contributed by atoms with Gasteiger partial charge in [-0.3, -0.25) is 0 Å². The molecule has 1 aliphatic heterocycles. The highest BCUT2D eigenvalue weighted by molar-refractivity contribution is 6.17.